The summed E-state index contributed by atoms with van der Waals surface area (Å²) < 4.78 is 5.64. The summed E-state index contributed by atoms with van der Waals surface area (Å²) in [5.41, 5.74) is -0.425. The lowest BCUT2D eigenvalue weighted by Crippen LogP contribution is -2.57. The van der Waals surface area contributed by atoms with Gasteiger partial charge in [0.25, 0.3) is 0 Å². The largest absolute Gasteiger partial charge is 0.444 e. The molecular formula is C17H33N3O2. The Labute approximate surface area is 135 Å². The summed E-state index contributed by atoms with van der Waals surface area (Å²) in [6.45, 7) is 9.49. The van der Waals surface area contributed by atoms with Crippen molar-refractivity contribution in [1.82, 2.24) is 15.5 Å². The lowest BCUT2D eigenvalue weighted by molar-refractivity contribution is 0.0144. The van der Waals surface area contributed by atoms with Gasteiger partial charge in [0, 0.05) is 38.3 Å². The van der Waals surface area contributed by atoms with E-state index in [2.05, 4.69) is 10.6 Å². The molecule has 0 radical (unpaired) electrons. The molecule has 1 saturated heterocycles. The highest BCUT2D eigenvalue weighted by Crippen LogP contribution is 2.23. The maximum absolute atomic E-state index is 12.6. The second kappa shape index (κ2) is 8.16. The molecule has 0 bridgehead atoms. The zero-order chi connectivity index (χ0) is 16.0. The van der Waals surface area contributed by atoms with E-state index in [-0.39, 0.29) is 6.09 Å². The van der Waals surface area contributed by atoms with E-state index in [1.165, 1.54) is 25.7 Å². The normalized spacial score (nSPS) is 21.0. The zero-order valence-electron chi connectivity index (χ0n) is 14.5. The molecule has 0 aromatic heterocycles. The second-order valence-electron chi connectivity index (χ2n) is 7.63. The van der Waals surface area contributed by atoms with Crippen LogP contribution in [0.1, 0.15) is 59.3 Å². The van der Waals surface area contributed by atoms with Gasteiger partial charge in [0.15, 0.2) is 0 Å². The average molecular weight is 311 g/mol. The molecule has 1 saturated carbocycles. The van der Waals surface area contributed by atoms with Gasteiger partial charge in [-0.1, -0.05) is 25.7 Å². The summed E-state index contributed by atoms with van der Waals surface area (Å²) in [4.78, 5) is 14.6. The van der Waals surface area contributed by atoms with Crippen molar-refractivity contribution in [1.29, 1.82) is 0 Å². The van der Waals surface area contributed by atoms with Crippen molar-refractivity contribution in [2.45, 2.75) is 77.0 Å². The van der Waals surface area contributed by atoms with E-state index in [4.69, 9.17) is 4.74 Å². The predicted octanol–water partition coefficient (Wildman–Crippen LogP) is 2.51. The van der Waals surface area contributed by atoms with E-state index in [9.17, 15) is 4.79 Å². The molecule has 5 nitrogen and oxygen atoms in total. The minimum Gasteiger partial charge on any atom is -0.444 e. The lowest BCUT2D eigenvalue weighted by atomic mass is 10.1. The van der Waals surface area contributed by atoms with Crippen molar-refractivity contribution in [3.8, 4) is 0 Å². The number of nitrogens with one attached hydrogen (secondary N) is 2. The Bertz CT molecular complexity index is 342. The fraction of sp³-hybridized carbons (Fsp3) is 0.941. The molecular weight excluding hydrogens is 278 g/mol. The van der Waals surface area contributed by atoms with E-state index < -0.39 is 5.60 Å². The molecule has 0 spiro atoms. The third kappa shape index (κ3) is 5.76. The van der Waals surface area contributed by atoms with E-state index >= 15 is 0 Å². The number of rotatable bonds is 5. The minimum absolute atomic E-state index is 0.145. The van der Waals surface area contributed by atoms with Crippen LogP contribution in [-0.4, -0.2) is 54.9 Å². The first-order chi connectivity index (χ1) is 10.5. The molecule has 22 heavy (non-hydrogen) atoms. The molecule has 1 heterocycles. The molecule has 1 aliphatic carbocycles. The summed E-state index contributed by atoms with van der Waals surface area (Å²) in [5.74, 6) is 0. The van der Waals surface area contributed by atoms with Gasteiger partial charge >= 0.3 is 6.09 Å². The van der Waals surface area contributed by atoms with Gasteiger partial charge < -0.3 is 20.3 Å². The Morgan fingerprint density at radius 1 is 1.18 bits per heavy atom. The Hall–Kier alpha value is -0.810. The predicted molar refractivity (Wildman–Crippen MR) is 89.1 cm³/mol. The second-order valence-corrected chi connectivity index (χ2v) is 7.63. The zero-order valence-corrected chi connectivity index (χ0v) is 14.5. The quantitative estimate of drug-likeness (QED) is 0.766. The van der Waals surface area contributed by atoms with Crippen LogP contribution in [0.2, 0.25) is 0 Å². The lowest BCUT2D eigenvalue weighted by Gasteiger charge is -2.34. The summed E-state index contributed by atoms with van der Waals surface area (Å²) in [7, 11) is 0. The Morgan fingerprint density at radius 2 is 1.82 bits per heavy atom. The van der Waals surface area contributed by atoms with Gasteiger partial charge in [-0.15, -0.1) is 0 Å². The number of hydrogen-bond donors (Lipinski definition) is 2. The molecule has 2 fully saturated rings. The van der Waals surface area contributed by atoms with Crippen LogP contribution in [0, 0.1) is 0 Å². The van der Waals surface area contributed by atoms with Crippen molar-refractivity contribution in [2.75, 3.05) is 26.2 Å². The smallest absolute Gasteiger partial charge is 0.410 e. The fourth-order valence-corrected chi connectivity index (χ4v) is 3.14. The van der Waals surface area contributed by atoms with E-state index in [0.29, 0.717) is 12.1 Å². The standard InChI is InChI=1S/C17H33N3O2/c1-17(2,3)22-16(21)20(11-10-19-14-12-18-13-14)15-8-6-4-5-7-9-15/h14-15,18-19H,4-13H2,1-3H3. The molecule has 0 atom stereocenters. The molecule has 2 N–H and O–H groups in total. The van der Waals surface area contributed by atoms with Crippen LogP contribution in [0.3, 0.4) is 0 Å². The molecule has 2 rings (SSSR count). The third-order valence-corrected chi connectivity index (χ3v) is 4.46. The van der Waals surface area contributed by atoms with Gasteiger partial charge in [0.1, 0.15) is 5.60 Å². The average Bonchev–Trinajstić information content (AvgIpc) is 2.63. The highest BCUT2D eigenvalue weighted by Gasteiger charge is 2.29. The van der Waals surface area contributed by atoms with Gasteiger partial charge in [-0.25, -0.2) is 4.79 Å². The minimum atomic E-state index is -0.425. The summed E-state index contributed by atoms with van der Waals surface area (Å²) in [6, 6.07) is 0.910. The molecule has 0 unspecified atom stereocenters. The third-order valence-electron chi connectivity index (χ3n) is 4.46. The van der Waals surface area contributed by atoms with Crippen LogP contribution in [0.15, 0.2) is 0 Å². The fourth-order valence-electron chi connectivity index (χ4n) is 3.14. The monoisotopic (exact) mass is 311 g/mol. The van der Waals surface area contributed by atoms with Gasteiger partial charge in [-0.3, -0.25) is 0 Å². The molecule has 0 aromatic rings. The van der Waals surface area contributed by atoms with Gasteiger partial charge in [-0.2, -0.15) is 0 Å². The van der Waals surface area contributed by atoms with Crippen LogP contribution < -0.4 is 10.6 Å². The van der Waals surface area contributed by atoms with E-state index in [1.54, 1.807) is 0 Å². The van der Waals surface area contributed by atoms with Crippen molar-refractivity contribution in [2.24, 2.45) is 0 Å². The Kier molecular flexibility index (Phi) is 6.50. The molecule has 0 aromatic carbocycles. The summed E-state index contributed by atoms with van der Waals surface area (Å²) >= 11 is 0. The van der Waals surface area contributed by atoms with Gasteiger partial charge in [0.2, 0.25) is 0 Å². The first-order valence-electron chi connectivity index (χ1n) is 8.89. The molecule has 1 aliphatic heterocycles. The molecule has 2 aliphatic rings. The van der Waals surface area contributed by atoms with Gasteiger partial charge in [-0.05, 0) is 33.6 Å². The number of ether oxygens (including phenoxy) is 1. The van der Waals surface area contributed by atoms with Crippen LogP contribution in [0.5, 0.6) is 0 Å². The Morgan fingerprint density at radius 3 is 2.32 bits per heavy atom. The topological polar surface area (TPSA) is 53.6 Å². The van der Waals surface area contributed by atoms with E-state index in [1.807, 2.05) is 25.7 Å². The molecule has 128 valence electrons. The Balaban J connectivity index is 1.90. The van der Waals surface area contributed by atoms with Crippen molar-refractivity contribution < 1.29 is 9.53 Å². The number of nitrogens with zero attached hydrogens (tertiary/aromatic N) is 1. The maximum Gasteiger partial charge on any atom is 0.410 e. The maximum atomic E-state index is 12.6. The van der Waals surface area contributed by atoms with Gasteiger partial charge in [0.05, 0.1) is 0 Å². The highest BCUT2D eigenvalue weighted by molar-refractivity contribution is 5.68. The van der Waals surface area contributed by atoms with Crippen molar-refractivity contribution in [3.63, 3.8) is 0 Å². The first-order valence-corrected chi connectivity index (χ1v) is 8.89. The van der Waals surface area contributed by atoms with Crippen molar-refractivity contribution >= 4 is 6.09 Å². The highest BCUT2D eigenvalue weighted by atomic mass is 16.6. The van der Waals surface area contributed by atoms with Crippen LogP contribution in [-0.2, 0) is 4.74 Å². The molecule has 1 amide bonds. The number of carbonyl (C=O) groups is 1. The van der Waals surface area contributed by atoms with E-state index in [0.717, 1.165) is 39.0 Å². The number of hydrogen-bond acceptors (Lipinski definition) is 4. The van der Waals surface area contributed by atoms with Crippen molar-refractivity contribution in [3.05, 3.63) is 0 Å². The first kappa shape index (κ1) is 17.5. The molecule has 5 heteroatoms. The summed E-state index contributed by atoms with van der Waals surface area (Å²) in [6.07, 6.45) is 7.13. The SMILES string of the molecule is CC(C)(C)OC(=O)N(CCNC1CNC1)C1CCCCCC1. The van der Waals surface area contributed by atoms with Crippen LogP contribution in [0.25, 0.3) is 0 Å². The summed E-state index contributed by atoms with van der Waals surface area (Å²) in [5, 5.41) is 6.77. The number of carbonyl (C=O) groups excluding carboxylic acids is 1. The van der Waals surface area contributed by atoms with Crippen LogP contribution >= 0.6 is 0 Å². The number of amides is 1. The van der Waals surface area contributed by atoms with Crippen LogP contribution in [0.4, 0.5) is 4.79 Å².